The van der Waals surface area contributed by atoms with E-state index in [9.17, 15) is 4.79 Å². The maximum Gasteiger partial charge on any atom is 0.248 e. The Morgan fingerprint density at radius 2 is 2.33 bits per heavy atom. The molecule has 3 heteroatoms. The molecule has 0 aliphatic rings. The van der Waals surface area contributed by atoms with E-state index in [0.29, 0.717) is 18.7 Å². The predicted octanol–water partition coefficient (Wildman–Crippen LogP) is 0.817. The smallest absolute Gasteiger partial charge is 0.248 e. The van der Waals surface area contributed by atoms with Gasteiger partial charge in [-0.1, -0.05) is 12.0 Å². The lowest BCUT2D eigenvalue weighted by molar-refractivity contribution is 0.1000. The fourth-order valence-corrected chi connectivity index (χ4v) is 1.32. The maximum atomic E-state index is 10.9. The number of nitrogens with one attached hydrogen (secondary N) is 1. The molecule has 0 aliphatic heterocycles. The number of aryl methyl sites for hydroxylation is 1. The third-order valence-corrected chi connectivity index (χ3v) is 2.17. The van der Waals surface area contributed by atoms with Gasteiger partial charge in [-0.3, -0.25) is 4.79 Å². The predicted molar refractivity (Wildman–Crippen MR) is 60.2 cm³/mol. The van der Waals surface area contributed by atoms with Crippen LogP contribution < -0.4 is 11.1 Å². The number of hydrogen-bond donors (Lipinski definition) is 2. The summed E-state index contributed by atoms with van der Waals surface area (Å²) in [5.74, 6) is 2.10. The number of hydrogen-bond acceptors (Lipinski definition) is 2. The van der Waals surface area contributed by atoms with E-state index in [-0.39, 0.29) is 0 Å². The van der Waals surface area contributed by atoms with Crippen molar-refractivity contribution in [2.75, 3.05) is 6.54 Å². The summed E-state index contributed by atoms with van der Waals surface area (Å²) in [6.07, 6.45) is 5.12. The van der Waals surface area contributed by atoms with Crippen LogP contribution in [0.2, 0.25) is 0 Å². The van der Waals surface area contributed by atoms with Crippen LogP contribution in [0.3, 0.4) is 0 Å². The molecule has 0 radical (unpaired) electrons. The quantitative estimate of drug-likeness (QED) is 0.561. The van der Waals surface area contributed by atoms with Crippen molar-refractivity contribution in [3.63, 3.8) is 0 Å². The van der Waals surface area contributed by atoms with Crippen LogP contribution in [0.5, 0.6) is 0 Å². The second kappa shape index (κ2) is 5.18. The highest BCUT2D eigenvalue weighted by atomic mass is 16.1. The number of primary amides is 1. The zero-order chi connectivity index (χ0) is 11.3. The number of amides is 1. The van der Waals surface area contributed by atoms with Crippen LogP contribution in [-0.2, 0) is 6.54 Å². The largest absolute Gasteiger partial charge is 0.366 e. The van der Waals surface area contributed by atoms with Crippen LogP contribution >= 0.6 is 0 Å². The number of carbonyl (C=O) groups excluding carboxylic acids is 1. The Morgan fingerprint density at radius 3 is 2.87 bits per heavy atom. The van der Waals surface area contributed by atoms with Gasteiger partial charge in [0.25, 0.3) is 0 Å². The van der Waals surface area contributed by atoms with Gasteiger partial charge in [-0.2, -0.15) is 0 Å². The van der Waals surface area contributed by atoms with E-state index in [0.717, 1.165) is 11.1 Å². The van der Waals surface area contributed by atoms with Crippen LogP contribution in [0.25, 0.3) is 0 Å². The van der Waals surface area contributed by atoms with Gasteiger partial charge in [0, 0.05) is 12.1 Å². The number of nitrogens with two attached hydrogens (primary N) is 1. The third-order valence-electron chi connectivity index (χ3n) is 2.17. The molecule has 15 heavy (non-hydrogen) atoms. The van der Waals surface area contributed by atoms with Crippen LogP contribution in [0.1, 0.15) is 21.5 Å². The molecule has 0 heterocycles. The average molecular weight is 202 g/mol. The summed E-state index contributed by atoms with van der Waals surface area (Å²) < 4.78 is 0. The summed E-state index contributed by atoms with van der Waals surface area (Å²) in [5.41, 5.74) is 7.87. The Hall–Kier alpha value is -1.79. The lowest BCUT2D eigenvalue weighted by Crippen LogP contribution is -2.15. The molecule has 0 aliphatic carbocycles. The van der Waals surface area contributed by atoms with Gasteiger partial charge in [-0.05, 0) is 30.2 Å². The molecule has 0 aromatic heterocycles. The highest BCUT2D eigenvalue weighted by Gasteiger charge is 2.03. The van der Waals surface area contributed by atoms with Gasteiger partial charge in [0.1, 0.15) is 0 Å². The Kier molecular flexibility index (Phi) is 3.90. The molecule has 3 nitrogen and oxygen atoms in total. The minimum absolute atomic E-state index is 0.402. The van der Waals surface area contributed by atoms with Crippen molar-refractivity contribution in [3.8, 4) is 12.3 Å². The molecule has 1 aromatic carbocycles. The highest BCUT2D eigenvalue weighted by molar-refractivity contribution is 5.93. The first-order valence-electron chi connectivity index (χ1n) is 4.68. The summed E-state index contributed by atoms with van der Waals surface area (Å²) in [7, 11) is 0. The van der Waals surface area contributed by atoms with E-state index < -0.39 is 5.91 Å². The van der Waals surface area contributed by atoms with Crippen molar-refractivity contribution in [2.45, 2.75) is 13.5 Å². The molecule has 1 aromatic rings. The van der Waals surface area contributed by atoms with Gasteiger partial charge in [-0.25, -0.2) is 0 Å². The fraction of sp³-hybridized carbons (Fsp3) is 0.250. The molecule has 0 saturated heterocycles. The molecule has 78 valence electrons. The highest BCUT2D eigenvalue weighted by Crippen LogP contribution is 2.10. The number of benzene rings is 1. The first-order chi connectivity index (χ1) is 7.15. The van der Waals surface area contributed by atoms with Crippen molar-refractivity contribution in [1.82, 2.24) is 5.32 Å². The normalized spacial score (nSPS) is 9.60. The summed E-state index contributed by atoms with van der Waals surface area (Å²) in [6.45, 7) is 3.19. The van der Waals surface area contributed by atoms with Gasteiger partial charge in [0.15, 0.2) is 0 Å². The number of carbonyl (C=O) groups is 1. The molecule has 0 fully saturated rings. The van der Waals surface area contributed by atoms with Gasteiger partial charge in [0.2, 0.25) is 5.91 Å². The monoisotopic (exact) mass is 202 g/mol. The Balaban J connectivity index is 2.76. The average Bonchev–Trinajstić information content (AvgIpc) is 2.20. The first kappa shape index (κ1) is 11.3. The summed E-state index contributed by atoms with van der Waals surface area (Å²) in [4.78, 5) is 10.9. The standard InChI is InChI=1S/C12H14N2O/c1-3-6-14-8-11-5-4-10(12(13)15)7-9(11)2/h1,4-5,7,14H,6,8H2,2H3,(H2,13,15). The van der Waals surface area contributed by atoms with E-state index in [1.54, 1.807) is 12.1 Å². The maximum absolute atomic E-state index is 10.9. The molecule has 1 rings (SSSR count). The van der Waals surface area contributed by atoms with Crippen molar-refractivity contribution in [2.24, 2.45) is 5.73 Å². The lowest BCUT2D eigenvalue weighted by atomic mass is 10.0. The van der Waals surface area contributed by atoms with Crippen molar-refractivity contribution >= 4 is 5.91 Å². The molecule has 1 amide bonds. The second-order valence-corrected chi connectivity index (χ2v) is 3.31. The van der Waals surface area contributed by atoms with Crippen molar-refractivity contribution in [3.05, 3.63) is 34.9 Å². The molecule has 0 atom stereocenters. The summed E-state index contributed by atoms with van der Waals surface area (Å²) >= 11 is 0. The zero-order valence-corrected chi connectivity index (χ0v) is 8.71. The molecule has 0 saturated carbocycles. The van der Waals surface area contributed by atoms with Gasteiger partial charge >= 0.3 is 0 Å². The zero-order valence-electron chi connectivity index (χ0n) is 8.71. The Labute approximate surface area is 89.7 Å². The van der Waals surface area contributed by atoms with Crippen molar-refractivity contribution < 1.29 is 4.79 Å². The number of rotatable bonds is 4. The summed E-state index contributed by atoms with van der Waals surface area (Å²) in [5, 5.41) is 3.09. The van der Waals surface area contributed by atoms with Crippen LogP contribution in [0.15, 0.2) is 18.2 Å². The van der Waals surface area contributed by atoms with Gasteiger partial charge in [-0.15, -0.1) is 6.42 Å². The molecule has 0 bridgehead atoms. The Morgan fingerprint density at radius 1 is 1.60 bits per heavy atom. The van der Waals surface area contributed by atoms with E-state index in [1.807, 2.05) is 13.0 Å². The fourth-order valence-electron chi connectivity index (χ4n) is 1.32. The lowest BCUT2D eigenvalue weighted by Gasteiger charge is -2.07. The number of terminal acetylenes is 1. The molecule has 3 N–H and O–H groups in total. The van der Waals surface area contributed by atoms with E-state index in [1.165, 1.54) is 0 Å². The van der Waals surface area contributed by atoms with E-state index in [2.05, 4.69) is 11.2 Å². The van der Waals surface area contributed by atoms with E-state index >= 15 is 0 Å². The van der Waals surface area contributed by atoms with Crippen LogP contribution in [0.4, 0.5) is 0 Å². The summed E-state index contributed by atoms with van der Waals surface area (Å²) in [6, 6.07) is 5.40. The molecular weight excluding hydrogens is 188 g/mol. The van der Waals surface area contributed by atoms with Gasteiger partial charge in [0.05, 0.1) is 6.54 Å². The van der Waals surface area contributed by atoms with Crippen LogP contribution in [0, 0.1) is 19.3 Å². The van der Waals surface area contributed by atoms with E-state index in [4.69, 9.17) is 12.2 Å². The molecule has 0 spiro atoms. The first-order valence-corrected chi connectivity index (χ1v) is 4.68. The van der Waals surface area contributed by atoms with Gasteiger partial charge < -0.3 is 11.1 Å². The minimum Gasteiger partial charge on any atom is -0.366 e. The third kappa shape index (κ3) is 3.12. The molecule has 0 unspecified atom stereocenters. The Bertz CT molecular complexity index is 405. The topological polar surface area (TPSA) is 55.1 Å². The molecular formula is C12H14N2O. The SMILES string of the molecule is C#CCNCc1ccc(C(N)=O)cc1C. The van der Waals surface area contributed by atoms with Crippen LogP contribution in [-0.4, -0.2) is 12.5 Å². The minimum atomic E-state index is -0.402. The van der Waals surface area contributed by atoms with Crippen molar-refractivity contribution in [1.29, 1.82) is 0 Å². The second-order valence-electron chi connectivity index (χ2n) is 3.31.